The molecule has 3 rings (SSSR count). The normalized spacial score (nSPS) is 20.1. The standard InChI is InChI=1S/C19H20F3N3O2/c20-19(21,22)14-3-1-2-13(10-14)11-17(26)25-15-4-6-16(7-5-15)27-18-12-23-8-9-24-18/h1-3,8-10,12,15-16H,4-7,11H2,(H,25,26). The molecule has 0 saturated heterocycles. The van der Waals surface area contributed by atoms with Crippen molar-refractivity contribution in [1.82, 2.24) is 15.3 Å². The van der Waals surface area contributed by atoms with Gasteiger partial charge in [-0.3, -0.25) is 9.78 Å². The van der Waals surface area contributed by atoms with Crippen LogP contribution in [0.5, 0.6) is 5.88 Å². The molecule has 144 valence electrons. The lowest BCUT2D eigenvalue weighted by atomic mass is 9.92. The summed E-state index contributed by atoms with van der Waals surface area (Å²) < 4.78 is 44.0. The Morgan fingerprint density at radius 2 is 1.96 bits per heavy atom. The summed E-state index contributed by atoms with van der Waals surface area (Å²) in [5.74, 6) is 0.210. The van der Waals surface area contributed by atoms with Gasteiger partial charge < -0.3 is 10.1 Å². The molecule has 0 spiro atoms. The molecule has 1 aliphatic carbocycles. The number of ether oxygens (including phenoxy) is 1. The molecule has 8 heteroatoms. The van der Waals surface area contributed by atoms with Crippen LogP contribution in [0.15, 0.2) is 42.9 Å². The number of benzene rings is 1. The SMILES string of the molecule is O=C(Cc1cccc(C(F)(F)F)c1)NC1CCC(Oc2cnccn2)CC1. The van der Waals surface area contributed by atoms with Gasteiger partial charge in [0.25, 0.3) is 0 Å². The summed E-state index contributed by atoms with van der Waals surface area (Å²) in [4.78, 5) is 20.2. The zero-order valence-electron chi connectivity index (χ0n) is 14.6. The van der Waals surface area contributed by atoms with Gasteiger partial charge in [0.1, 0.15) is 6.10 Å². The van der Waals surface area contributed by atoms with E-state index < -0.39 is 11.7 Å². The fourth-order valence-corrected chi connectivity index (χ4v) is 3.16. The minimum Gasteiger partial charge on any atom is -0.473 e. The number of halogens is 3. The van der Waals surface area contributed by atoms with E-state index in [0.717, 1.165) is 37.8 Å². The molecule has 1 saturated carbocycles. The molecule has 1 aromatic heterocycles. The summed E-state index contributed by atoms with van der Waals surface area (Å²) in [5, 5.41) is 2.91. The number of nitrogens with zero attached hydrogens (tertiary/aromatic N) is 2. The zero-order chi connectivity index (χ0) is 19.3. The molecule has 1 fully saturated rings. The van der Waals surface area contributed by atoms with Crippen molar-refractivity contribution in [2.24, 2.45) is 0 Å². The van der Waals surface area contributed by atoms with Crippen LogP contribution in [0.1, 0.15) is 36.8 Å². The Morgan fingerprint density at radius 1 is 1.19 bits per heavy atom. The molecular weight excluding hydrogens is 359 g/mol. The van der Waals surface area contributed by atoms with Gasteiger partial charge in [-0.25, -0.2) is 4.98 Å². The van der Waals surface area contributed by atoms with Crippen LogP contribution >= 0.6 is 0 Å². The van der Waals surface area contributed by atoms with Gasteiger partial charge >= 0.3 is 6.18 Å². The predicted octanol–water partition coefficient (Wildman–Crippen LogP) is 3.54. The molecule has 1 aliphatic rings. The van der Waals surface area contributed by atoms with E-state index in [0.29, 0.717) is 11.4 Å². The monoisotopic (exact) mass is 379 g/mol. The van der Waals surface area contributed by atoms with Crippen molar-refractivity contribution >= 4 is 5.91 Å². The lowest BCUT2D eigenvalue weighted by Crippen LogP contribution is -2.40. The maximum atomic E-state index is 12.8. The summed E-state index contributed by atoms with van der Waals surface area (Å²) in [5.41, 5.74) is -0.392. The first kappa shape index (κ1) is 19.1. The third kappa shape index (κ3) is 5.67. The van der Waals surface area contributed by atoms with Crippen molar-refractivity contribution in [3.63, 3.8) is 0 Å². The summed E-state index contributed by atoms with van der Waals surface area (Å²) in [6, 6.07) is 4.87. The van der Waals surface area contributed by atoms with Gasteiger partial charge in [0.2, 0.25) is 11.8 Å². The topological polar surface area (TPSA) is 64.1 Å². The average Bonchev–Trinajstić information content (AvgIpc) is 2.64. The first-order valence-electron chi connectivity index (χ1n) is 8.78. The molecule has 5 nitrogen and oxygen atoms in total. The molecule has 1 heterocycles. The van der Waals surface area contributed by atoms with Crippen LogP contribution in [0, 0.1) is 0 Å². The Morgan fingerprint density at radius 3 is 2.63 bits per heavy atom. The molecule has 0 radical (unpaired) electrons. The van der Waals surface area contributed by atoms with E-state index in [-0.39, 0.29) is 24.5 Å². The molecule has 1 aromatic carbocycles. The van der Waals surface area contributed by atoms with Crippen LogP contribution in [-0.4, -0.2) is 28.0 Å². The van der Waals surface area contributed by atoms with E-state index >= 15 is 0 Å². The highest BCUT2D eigenvalue weighted by Crippen LogP contribution is 2.29. The van der Waals surface area contributed by atoms with E-state index in [4.69, 9.17) is 4.74 Å². The second kappa shape index (κ2) is 8.37. The first-order chi connectivity index (χ1) is 12.9. The van der Waals surface area contributed by atoms with Gasteiger partial charge in [0.05, 0.1) is 18.2 Å². The second-order valence-electron chi connectivity index (χ2n) is 6.58. The van der Waals surface area contributed by atoms with Gasteiger partial charge in [0.15, 0.2) is 0 Å². The van der Waals surface area contributed by atoms with Crippen LogP contribution in [0.2, 0.25) is 0 Å². The van der Waals surface area contributed by atoms with E-state index in [2.05, 4.69) is 15.3 Å². The molecule has 1 N–H and O–H groups in total. The summed E-state index contributed by atoms with van der Waals surface area (Å²) in [6.07, 6.45) is 3.28. The van der Waals surface area contributed by atoms with Gasteiger partial charge in [-0.15, -0.1) is 0 Å². The quantitative estimate of drug-likeness (QED) is 0.863. The second-order valence-corrected chi connectivity index (χ2v) is 6.58. The van der Waals surface area contributed by atoms with E-state index in [1.807, 2.05) is 0 Å². The molecular formula is C19H20F3N3O2. The number of rotatable bonds is 5. The molecule has 27 heavy (non-hydrogen) atoms. The Kier molecular flexibility index (Phi) is 5.93. The summed E-state index contributed by atoms with van der Waals surface area (Å²) in [7, 11) is 0. The van der Waals surface area contributed by atoms with Crippen molar-refractivity contribution in [3.05, 3.63) is 54.0 Å². The molecule has 0 bridgehead atoms. The third-order valence-corrected chi connectivity index (χ3v) is 4.49. The number of carbonyl (C=O) groups is 1. The Labute approximate surface area is 155 Å². The highest BCUT2D eigenvalue weighted by Gasteiger charge is 2.30. The van der Waals surface area contributed by atoms with Crippen molar-refractivity contribution in [1.29, 1.82) is 0 Å². The number of amides is 1. The van der Waals surface area contributed by atoms with Crippen molar-refractivity contribution < 1.29 is 22.7 Å². The Hall–Kier alpha value is -2.64. The minimum absolute atomic E-state index is 0.00464. The number of hydrogen-bond acceptors (Lipinski definition) is 4. The first-order valence-corrected chi connectivity index (χ1v) is 8.78. The maximum absolute atomic E-state index is 12.8. The van der Waals surface area contributed by atoms with Gasteiger partial charge in [0, 0.05) is 18.4 Å². The highest BCUT2D eigenvalue weighted by atomic mass is 19.4. The van der Waals surface area contributed by atoms with Crippen LogP contribution in [-0.2, 0) is 17.4 Å². The van der Waals surface area contributed by atoms with Gasteiger partial charge in [-0.05, 0) is 37.3 Å². The lowest BCUT2D eigenvalue weighted by Gasteiger charge is -2.29. The maximum Gasteiger partial charge on any atom is 0.416 e. The Balaban J connectivity index is 1.46. The number of aromatic nitrogens is 2. The number of alkyl halides is 3. The fraction of sp³-hybridized carbons (Fsp3) is 0.421. The van der Waals surface area contributed by atoms with Gasteiger partial charge in [-0.2, -0.15) is 13.2 Å². The largest absolute Gasteiger partial charge is 0.473 e. The third-order valence-electron chi connectivity index (χ3n) is 4.49. The van der Waals surface area contributed by atoms with Crippen LogP contribution in [0.25, 0.3) is 0 Å². The van der Waals surface area contributed by atoms with Crippen molar-refractivity contribution in [2.75, 3.05) is 0 Å². The fourth-order valence-electron chi connectivity index (χ4n) is 3.16. The minimum atomic E-state index is -4.41. The Bertz CT molecular complexity index is 760. The summed E-state index contributed by atoms with van der Waals surface area (Å²) in [6.45, 7) is 0. The van der Waals surface area contributed by atoms with Crippen molar-refractivity contribution in [2.45, 2.75) is 50.4 Å². The van der Waals surface area contributed by atoms with Gasteiger partial charge in [-0.1, -0.05) is 18.2 Å². The zero-order valence-corrected chi connectivity index (χ0v) is 14.6. The number of carbonyl (C=O) groups excluding carboxylic acids is 1. The van der Waals surface area contributed by atoms with E-state index in [9.17, 15) is 18.0 Å². The molecule has 0 unspecified atom stereocenters. The molecule has 1 amide bonds. The highest BCUT2D eigenvalue weighted by molar-refractivity contribution is 5.78. The smallest absolute Gasteiger partial charge is 0.416 e. The molecule has 0 atom stereocenters. The number of hydrogen-bond donors (Lipinski definition) is 1. The van der Waals surface area contributed by atoms with Crippen molar-refractivity contribution in [3.8, 4) is 5.88 Å². The predicted molar refractivity (Wildman–Crippen MR) is 92.0 cm³/mol. The van der Waals surface area contributed by atoms with Crippen LogP contribution in [0.3, 0.4) is 0 Å². The average molecular weight is 379 g/mol. The number of nitrogens with one attached hydrogen (secondary N) is 1. The van der Waals surface area contributed by atoms with Crippen LogP contribution in [0.4, 0.5) is 13.2 Å². The van der Waals surface area contributed by atoms with E-state index in [1.54, 1.807) is 18.6 Å². The van der Waals surface area contributed by atoms with E-state index in [1.165, 1.54) is 12.1 Å². The summed E-state index contributed by atoms with van der Waals surface area (Å²) >= 11 is 0. The molecule has 2 aromatic rings. The lowest BCUT2D eigenvalue weighted by molar-refractivity contribution is -0.137. The molecule has 0 aliphatic heterocycles. The van der Waals surface area contributed by atoms with Crippen LogP contribution < -0.4 is 10.1 Å².